The number of carbonyl (C=O) groups is 2. The summed E-state index contributed by atoms with van der Waals surface area (Å²) in [5.41, 5.74) is -0.463. The molecule has 1 heterocycles. The smallest absolute Gasteiger partial charge is 0.416 e. The summed E-state index contributed by atoms with van der Waals surface area (Å²) in [5, 5.41) is 18.0. The molecule has 1 aliphatic heterocycles. The fraction of sp³-hybridized carbons (Fsp3) is 0.125. The molecule has 0 bridgehead atoms. The Hall–Kier alpha value is -2.64. The maximum Gasteiger partial charge on any atom is 0.416 e. The minimum Gasteiger partial charge on any atom is -0.480 e. The Labute approximate surface area is 155 Å². The van der Waals surface area contributed by atoms with Crippen molar-refractivity contribution in [2.45, 2.75) is 6.18 Å². The molecule has 0 saturated carbocycles. The largest absolute Gasteiger partial charge is 0.480 e. The van der Waals surface area contributed by atoms with Crippen molar-refractivity contribution in [3.8, 4) is 6.07 Å². The highest BCUT2D eigenvalue weighted by Crippen LogP contribution is 2.32. The first-order chi connectivity index (χ1) is 12.1. The van der Waals surface area contributed by atoms with E-state index in [4.69, 9.17) is 17.3 Å². The van der Waals surface area contributed by atoms with Gasteiger partial charge in [-0.05, 0) is 29.8 Å². The number of thiocarbonyl (C=S) groups is 1. The summed E-state index contributed by atoms with van der Waals surface area (Å²) in [5.74, 6) is -1.88. The van der Waals surface area contributed by atoms with Gasteiger partial charge in [0.25, 0.3) is 5.91 Å². The van der Waals surface area contributed by atoms with Crippen LogP contribution in [0.5, 0.6) is 0 Å². The van der Waals surface area contributed by atoms with Crippen LogP contribution in [0.2, 0.25) is 0 Å². The average Bonchev–Trinajstić information content (AvgIpc) is 2.81. The fourth-order valence-corrected chi connectivity index (χ4v) is 3.21. The number of amides is 1. The van der Waals surface area contributed by atoms with Gasteiger partial charge in [-0.25, -0.2) is 0 Å². The third-order valence-corrected chi connectivity index (χ3v) is 4.52. The van der Waals surface area contributed by atoms with Gasteiger partial charge < -0.3 is 5.11 Å². The van der Waals surface area contributed by atoms with E-state index in [9.17, 15) is 28.0 Å². The average molecular weight is 398 g/mol. The second-order valence-corrected chi connectivity index (χ2v) is 6.67. The van der Waals surface area contributed by atoms with E-state index in [1.54, 1.807) is 0 Å². The minimum absolute atomic E-state index is 0.0144. The van der Waals surface area contributed by atoms with Crippen LogP contribution in [-0.4, -0.2) is 32.7 Å². The summed E-state index contributed by atoms with van der Waals surface area (Å²) in [6.45, 7) is -0.591. The molecule has 0 radical (unpaired) electrons. The second-order valence-electron chi connectivity index (χ2n) is 4.99. The molecular weight excluding hydrogens is 389 g/mol. The number of carboxylic acids is 1. The lowest BCUT2D eigenvalue weighted by atomic mass is 10.1. The SMILES string of the molecule is N#CC(=C\c1ccc(C(F)(F)F)cc1)/C=C1\SC(=S)N(CC(=O)O)C1=O. The van der Waals surface area contributed by atoms with Crippen LogP contribution in [0, 0.1) is 11.3 Å². The summed E-state index contributed by atoms with van der Waals surface area (Å²) in [7, 11) is 0. The van der Waals surface area contributed by atoms with E-state index >= 15 is 0 Å². The van der Waals surface area contributed by atoms with Gasteiger partial charge in [-0.1, -0.05) is 36.1 Å². The summed E-state index contributed by atoms with van der Waals surface area (Å²) in [4.78, 5) is 23.8. The van der Waals surface area contributed by atoms with Crippen molar-refractivity contribution in [3.63, 3.8) is 0 Å². The Morgan fingerprint density at radius 1 is 1.35 bits per heavy atom. The van der Waals surface area contributed by atoms with E-state index in [-0.39, 0.29) is 14.8 Å². The summed E-state index contributed by atoms with van der Waals surface area (Å²) >= 11 is 5.78. The standard InChI is InChI=1S/C16H9F3N2O3S2/c17-16(18,19)11-3-1-9(2-4-11)5-10(7-20)6-12-14(24)21(8-13(22)23)15(25)26-12/h1-6H,8H2,(H,22,23)/b10-5-,12-6-. The maximum atomic E-state index is 12.5. The zero-order valence-electron chi connectivity index (χ0n) is 12.8. The first kappa shape index (κ1) is 19.7. The van der Waals surface area contributed by atoms with Crippen LogP contribution in [0.25, 0.3) is 6.08 Å². The van der Waals surface area contributed by atoms with Crippen molar-refractivity contribution in [1.29, 1.82) is 5.26 Å². The van der Waals surface area contributed by atoms with E-state index in [0.29, 0.717) is 5.56 Å². The molecule has 26 heavy (non-hydrogen) atoms. The Kier molecular flexibility index (Phi) is 5.84. The van der Waals surface area contributed by atoms with Crippen LogP contribution in [0.4, 0.5) is 13.2 Å². The molecular formula is C16H9F3N2O3S2. The number of hydrogen-bond acceptors (Lipinski definition) is 5. The van der Waals surface area contributed by atoms with Crippen molar-refractivity contribution >= 4 is 46.3 Å². The molecule has 0 spiro atoms. The number of nitriles is 1. The number of aliphatic carboxylic acids is 1. The van der Waals surface area contributed by atoms with Crippen molar-refractivity contribution in [1.82, 2.24) is 4.90 Å². The quantitative estimate of drug-likeness (QED) is 0.475. The lowest BCUT2D eigenvalue weighted by molar-refractivity contribution is -0.140. The van der Waals surface area contributed by atoms with Crippen LogP contribution in [-0.2, 0) is 15.8 Å². The number of carbonyl (C=O) groups excluding carboxylic acids is 1. The van der Waals surface area contributed by atoms with E-state index in [1.807, 2.05) is 6.07 Å². The van der Waals surface area contributed by atoms with Crippen LogP contribution in [0.15, 0.2) is 40.8 Å². The predicted molar refractivity (Wildman–Crippen MR) is 92.7 cm³/mol. The number of alkyl halides is 3. The molecule has 1 aromatic rings. The fourth-order valence-electron chi connectivity index (χ4n) is 1.97. The summed E-state index contributed by atoms with van der Waals surface area (Å²) < 4.78 is 37.7. The molecule has 0 aromatic heterocycles. The molecule has 0 atom stereocenters. The molecule has 1 aliphatic rings. The molecule has 5 nitrogen and oxygen atoms in total. The summed E-state index contributed by atoms with van der Waals surface area (Å²) in [6, 6.07) is 5.99. The second kappa shape index (κ2) is 7.72. The normalized spacial score (nSPS) is 16.9. The lowest BCUT2D eigenvalue weighted by Gasteiger charge is -2.10. The number of nitrogens with zero attached hydrogens (tertiary/aromatic N) is 2. The van der Waals surface area contributed by atoms with Crippen molar-refractivity contribution in [2.24, 2.45) is 0 Å². The van der Waals surface area contributed by atoms with Gasteiger partial charge in [-0.15, -0.1) is 0 Å². The molecule has 134 valence electrons. The Balaban J connectivity index is 2.26. The monoisotopic (exact) mass is 398 g/mol. The topological polar surface area (TPSA) is 81.4 Å². The Morgan fingerprint density at radius 3 is 2.46 bits per heavy atom. The van der Waals surface area contributed by atoms with E-state index < -0.39 is 30.2 Å². The molecule has 1 N–H and O–H groups in total. The van der Waals surface area contributed by atoms with Gasteiger partial charge in [0.05, 0.1) is 22.1 Å². The molecule has 2 rings (SSSR count). The number of hydrogen-bond donors (Lipinski definition) is 1. The summed E-state index contributed by atoms with van der Waals surface area (Å²) in [6.07, 6.45) is -1.93. The molecule has 1 fully saturated rings. The lowest BCUT2D eigenvalue weighted by Crippen LogP contribution is -2.33. The minimum atomic E-state index is -4.46. The number of allylic oxidation sites excluding steroid dienone is 2. The molecule has 0 unspecified atom stereocenters. The Morgan fingerprint density at radius 2 is 1.96 bits per heavy atom. The molecule has 1 aromatic carbocycles. The molecule has 10 heteroatoms. The predicted octanol–water partition coefficient (Wildman–Crippen LogP) is 3.44. The number of halogens is 3. The zero-order valence-corrected chi connectivity index (χ0v) is 14.4. The van der Waals surface area contributed by atoms with Crippen molar-refractivity contribution < 1.29 is 27.9 Å². The maximum absolute atomic E-state index is 12.5. The molecule has 0 aliphatic carbocycles. The third kappa shape index (κ3) is 4.71. The molecule has 1 amide bonds. The number of carboxylic acid groups (broad SMARTS) is 1. The number of benzene rings is 1. The van der Waals surface area contributed by atoms with Crippen LogP contribution in [0.1, 0.15) is 11.1 Å². The van der Waals surface area contributed by atoms with Crippen molar-refractivity contribution in [2.75, 3.05) is 6.54 Å². The molecule has 1 saturated heterocycles. The number of rotatable bonds is 4. The van der Waals surface area contributed by atoms with Gasteiger partial charge in [0.1, 0.15) is 10.9 Å². The first-order valence-corrected chi connectivity index (χ1v) is 8.10. The third-order valence-electron chi connectivity index (χ3n) is 3.14. The highest BCUT2D eigenvalue weighted by molar-refractivity contribution is 8.26. The number of thioether (sulfide) groups is 1. The van der Waals surface area contributed by atoms with Crippen molar-refractivity contribution in [3.05, 3.63) is 51.9 Å². The van der Waals surface area contributed by atoms with Gasteiger partial charge in [-0.2, -0.15) is 18.4 Å². The van der Waals surface area contributed by atoms with E-state index in [0.717, 1.165) is 28.8 Å². The van der Waals surface area contributed by atoms with Gasteiger partial charge in [0, 0.05) is 0 Å². The van der Waals surface area contributed by atoms with Gasteiger partial charge in [0.2, 0.25) is 0 Å². The highest BCUT2D eigenvalue weighted by Gasteiger charge is 2.33. The van der Waals surface area contributed by atoms with Gasteiger partial charge in [0.15, 0.2) is 0 Å². The van der Waals surface area contributed by atoms with E-state index in [2.05, 4.69) is 0 Å². The zero-order chi connectivity index (χ0) is 19.5. The first-order valence-electron chi connectivity index (χ1n) is 6.88. The van der Waals surface area contributed by atoms with Gasteiger partial charge in [-0.3, -0.25) is 14.5 Å². The van der Waals surface area contributed by atoms with Crippen LogP contribution < -0.4 is 0 Å². The van der Waals surface area contributed by atoms with Crippen LogP contribution >= 0.6 is 24.0 Å². The highest BCUT2D eigenvalue weighted by atomic mass is 32.2. The van der Waals surface area contributed by atoms with E-state index in [1.165, 1.54) is 24.3 Å². The van der Waals surface area contributed by atoms with Gasteiger partial charge >= 0.3 is 12.1 Å². The van der Waals surface area contributed by atoms with Crippen LogP contribution in [0.3, 0.4) is 0 Å². The Bertz CT molecular complexity index is 868.